The van der Waals surface area contributed by atoms with Crippen molar-refractivity contribution in [3.05, 3.63) is 29.8 Å². The lowest BCUT2D eigenvalue weighted by Crippen LogP contribution is -2.25. The quantitative estimate of drug-likeness (QED) is 0.806. The summed E-state index contributed by atoms with van der Waals surface area (Å²) < 4.78 is 0. The molecule has 0 saturated heterocycles. The molecule has 1 aromatic rings. The average molecular weight is 249 g/mol. The van der Waals surface area contributed by atoms with Crippen LogP contribution in [-0.2, 0) is 0 Å². The molecule has 0 amide bonds. The highest BCUT2D eigenvalue weighted by atomic mass is 15.1. The molecule has 1 atom stereocenters. The summed E-state index contributed by atoms with van der Waals surface area (Å²) in [6.45, 7) is 4.31. The van der Waals surface area contributed by atoms with Crippen LogP contribution in [0, 0.1) is 0 Å². The average Bonchev–Trinajstić information content (AvgIpc) is 2.37. The van der Waals surface area contributed by atoms with Gasteiger partial charge in [0.25, 0.3) is 0 Å². The molecule has 3 nitrogen and oxygen atoms in total. The monoisotopic (exact) mass is 249 g/mol. The van der Waals surface area contributed by atoms with E-state index in [1.807, 2.05) is 0 Å². The lowest BCUT2D eigenvalue weighted by Gasteiger charge is -2.25. The molecule has 1 unspecified atom stereocenters. The highest BCUT2D eigenvalue weighted by Gasteiger charge is 2.11. The van der Waals surface area contributed by atoms with Crippen molar-refractivity contribution >= 4 is 5.69 Å². The van der Waals surface area contributed by atoms with Crippen LogP contribution in [-0.4, -0.2) is 39.1 Å². The van der Waals surface area contributed by atoms with E-state index < -0.39 is 0 Å². The second-order valence-electron chi connectivity index (χ2n) is 5.15. The van der Waals surface area contributed by atoms with Gasteiger partial charge in [0.2, 0.25) is 0 Å². The van der Waals surface area contributed by atoms with Crippen LogP contribution in [0.2, 0.25) is 0 Å². The van der Waals surface area contributed by atoms with Gasteiger partial charge in [-0.25, -0.2) is 0 Å². The van der Waals surface area contributed by atoms with Crippen molar-refractivity contribution in [2.45, 2.75) is 25.8 Å². The van der Waals surface area contributed by atoms with Crippen LogP contribution in [0.1, 0.15) is 31.4 Å². The highest BCUT2D eigenvalue weighted by Crippen LogP contribution is 2.25. The van der Waals surface area contributed by atoms with Gasteiger partial charge in [-0.2, -0.15) is 0 Å². The van der Waals surface area contributed by atoms with Gasteiger partial charge in [0.15, 0.2) is 0 Å². The fourth-order valence-electron chi connectivity index (χ4n) is 2.11. The fourth-order valence-corrected chi connectivity index (χ4v) is 2.11. The Kier molecular flexibility index (Phi) is 6.16. The zero-order valence-corrected chi connectivity index (χ0v) is 12.2. The molecule has 0 fully saturated rings. The van der Waals surface area contributed by atoms with Gasteiger partial charge in [-0.15, -0.1) is 0 Å². The zero-order valence-electron chi connectivity index (χ0n) is 12.2. The first-order valence-electron chi connectivity index (χ1n) is 6.76. The van der Waals surface area contributed by atoms with E-state index in [4.69, 9.17) is 5.73 Å². The number of nitrogens with zero attached hydrogens (tertiary/aromatic N) is 2. The first kappa shape index (κ1) is 15.0. The van der Waals surface area contributed by atoms with E-state index in [1.54, 1.807) is 0 Å². The van der Waals surface area contributed by atoms with Gasteiger partial charge in [0, 0.05) is 25.3 Å². The maximum Gasteiger partial charge on any atom is 0.0412 e. The SMILES string of the molecule is CCC(N)c1ccccc1N(C)CCCN(C)C. The number of hydrogen-bond donors (Lipinski definition) is 1. The Morgan fingerprint density at radius 3 is 2.39 bits per heavy atom. The van der Waals surface area contributed by atoms with Crippen LogP contribution in [0.15, 0.2) is 24.3 Å². The molecule has 1 aromatic carbocycles. The molecule has 2 N–H and O–H groups in total. The van der Waals surface area contributed by atoms with Crippen molar-refractivity contribution in [3.8, 4) is 0 Å². The Morgan fingerprint density at radius 2 is 1.78 bits per heavy atom. The number of anilines is 1. The highest BCUT2D eigenvalue weighted by molar-refractivity contribution is 5.54. The maximum absolute atomic E-state index is 6.17. The third kappa shape index (κ3) is 4.31. The topological polar surface area (TPSA) is 32.5 Å². The lowest BCUT2D eigenvalue weighted by atomic mass is 10.0. The van der Waals surface area contributed by atoms with Crippen LogP contribution in [0.4, 0.5) is 5.69 Å². The molecule has 0 aromatic heterocycles. The summed E-state index contributed by atoms with van der Waals surface area (Å²) in [5.41, 5.74) is 8.70. The number of rotatable bonds is 7. The van der Waals surface area contributed by atoms with Crippen LogP contribution in [0.5, 0.6) is 0 Å². The largest absolute Gasteiger partial charge is 0.374 e. The van der Waals surface area contributed by atoms with E-state index >= 15 is 0 Å². The minimum Gasteiger partial charge on any atom is -0.374 e. The summed E-state index contributed by atoms with van der Waals surface area (Å²) in [6, 6.07) is 8.61. The summed E-state index contributed by atoms with van der Waals surface area (Å²) >= 11 is 0. The summed E-state index contributed by atoms with van der Waals surface area (Å²) in [4.78, 5) is 4.53. The molecule has 3 heteroatoms. The normalized spacial score (nSPS) is 12.8. The molecular formula is C15H27N3. The maximum atomic E-state index is 6.17. The second-order valence-corrected chi connectivity index (χ2v) is 5.15. The van der Waals surface area contributed by atoms with Gasteiger partial charge in [-0.05, 0) is 45.1 Å². The fraction of sp³-hybridized carbons (Fsp3) is 0.600. The molecule has 0 aliphatic carbocycles. The van der Waals surface area contributed by atoms with Gasteiger partial charge in [-0.3, -0.25) is 0 Å². The van der Waals surface area contributed by atoms with Crippen molar-refractivity contribution in [3.63, 3.8) is 0 Å². The summed E-state index contributed by atoms with van der Waals surface area (Å²) in [6.07, 6.45) is 2.14. The molecule has 18 heavy (non-hydrogen) atoms. The molecule has 0 heterocycles. The molecular weight excluding hydrogens is 222 g/mol. The Labute approximate surface area is 112 Å². The minimum absolute atomic E-state index is 0.137. The predicted octanol–water partition coefficient (Wildman–Crippen LogP) is 2.48. The summed E-state index contributed by atoms with van der Waals surface area (Å²) in [5, 5.41) is 0. The molecule has 1 rings (SSSR count). The van der Waals surface area contributed by atoms with Crippen LogP contribution >= 0.6 is 0 Å². The van der Waals surface area contributed by atoms with E-state index in [-0.39, 0.29) is 6.04 Å². The van der Waals surface area contributed by atoms with Crippen LogP contribution in [0.3, 0.4) is 0 Å². The van der Waals surface area contributed by atoms with Crippen molar-refractivity contribution in [2.75, 3.05) is 39.1 Å². The number of hydrogen-bond acceptors (Lipinski definition) is 3. The molecule has 0 aliphatic heterocycles. The zero-order chi connectivity index (χ0) is 13.5. The second kappa shape index (κ2) is 7.39. The van der Waals surface area contributed by atoms with Crippen molar-refractivity contribution in [1.82, 2.24) is 4.90 Å². The van der Waals surface area contributed by atoms with Crippen molar-refractivity contribution in [1.29, 1.82) is 0 Å². The molecule has 0 aliphatic rings. The number of benzene rings is 1. The van der Waals surface area contributed by atoms with Gasteiger partial charge in [0.1, 0.15) is 0 Å². The van der Waals surface area contributed by atoms with E-state index in [2.05, 4.69) is 62.1 Å². The Balaban J connectivity index is 2.69. The Bertz CT molecular complexity index is 349. The van der Waals surface area contributed by atoms with E-state index in [0.29, 0.717) is 0 Å². The minimum atomic E-state index is 0.137. The Morgan fingerprint density at radius 1 is 1.11 bits per heavy atom. The van der Waals surface area contributed by atoms with Crippen molar-refractivity contribution < 1.29 is 0 Å². The van der Waals surface area contributed by atoms with Crippen molar-refractivity contribution in [2.24, 2.45) is 5.73 Å². The predicted molar refractivity (Wildman–Crippen MR) is 80.1 cm³/mol. The standard InChI is InChI=1S/C15H27N3/c1-5-14(16)13-9-6-7-10-15(13)18(4)12-8-11-17(2)3/h6-7,9-10,14H,5,8,11-12,16H2,1-4H3. The third-order valence-electron chi connectivity index (χ3n) is 3.29. The number of nitrogens with two attached hydrogens (primary N) is 1. The molecule has 102 valence electrons. The summed E-state index contributed by atoms with van der Waals surface area (Å²) in [5.74, 6) is 0. The first-order valence-corrected chi connectivity index (χ1v) is 6.76. The van der Waals surface area contributed by atoms with Gasteiger partial charge >= 0.3 is 0 Å². The van der Waals surface area contributed by atoms with Gasteiger partial charge < -0.3 is 15.5 Å². The van der Waals surface area contributed by atoms with Crippen LogP contribution < -0.4 is 10.6 Å². The lowest BCUT2D eigenvalue weighted by molar-refractivity contribution is 0.401. The first-order chi connectivity index (χ1) is 8.56. The number of para-hydroxylation sites is 1. The van der Waals surface area contributed by atoms with E-state index in [1.165, 1.54) is 17.7 Å². The van der Waals surface area contributed by atoms with E-state index in [0.717, 1.165) is 19.5 Å². The molecule has 0 bridgehead atoms. The third-order valence-corrected chi connectivity index (χ3v) is 3.29. The Hall–Kier alpha value is -1.06. The van der Waals surface area contributed by atoms with Gasteiger partial charge in [-0.1, -0.05) is 25.1 Å². The molecule has 0 saturated carbocycles. The van der Waals surface area contributed by atoms with E-state index in [9.17, 15) is 0 Å². The summed E-state index contributed by atoms with van der Waals surface area (Å²) in [7, 11) is 6.37. The molecule has 0 spiro atoms. The molecule has 0 radical (unpaired) electrons. The van der Waals surface area contributed by atoms with Crippen LogP contribution in [0.25, 0.3) is 0 Å². The van der Waals surface area contributed by atoms with Gasteiger partial charge in [0.05, 0.1) is 0 Å². The smallest absolute Gasteiger partial charge is 0.0412 e.